The van der Waals surface area contributed by atoms with Gasteiger partial charge in [0.05, 0.1) is 18.5 Å². The van der Waals surface area contributed by atoms with Crippen LogP contribution >= 0.6 is 0 Å². The minimum Gasteiger partial charge on any atom is -0.322 e. The van der Waals surface area contributed by atoms with Crippen LogP contribution in [-0.2, 0) is 16.6 Å². The maximum absolute atomic E-state index is 12.8. The van der Waals surface area contributed by atoms with Gasteiger partial charge in [-0.2, -0.15) is 0 Å². The number of carbonyl (C=O) groups is 1. The molecule has 3 aromatic rings. The third kappa shape index (κ3) is 5.52. The zero-order chi connectivity index (χ0) is 22.6. The number of benzene rings is 3. The van der Waals surface area contributed by atoms with Crippen LogP contribution < -0.4 is 9.62 Å². The third-order valence-corrected chi connectivity index (χ3v) is 6.36. The average Bonchev–Trinajstić information content (AvgIpc) is 2.72. The third-order valence-electron chi connectivity index (χ3n) is 5.22. The average molecular weight is 437 g/mol. The number of nitrogens with one attached hydrogen (secondary N) is 1. The monoisotopic (exact) mass is 436 g/mol. The first-order valence-electron chi connectivity index (χ1n) is 10.2. The molecule has 0 fully saturated rings. The Labute approximate surface area is 184 Å². The molecule has 6 heteroatoms. The highest BCUT2D eigenvalue weighted by molar-refractivity contribution is 7.92. The van der Waals surface area contributed by atoms with Gasteiger partial charge in [-0.1, -0.05) is 56.3 Å². The highest BCUT2D eigenvalue weighted by Gasteiger charge is 2.19. The van der Waals surface area contributed by atoms with Crippen LogP contribution in [-0.4, -0.2) is 20.6 Å². The van der Waals surface area contributed by atoms with Crippen molar-refractivity contribution < 1.29 is 13.2 Å². The first-order valence-corrected chi connectivity index (χ1v) is 12.0. The number of amides is 1. The molecule has 0 spiro atoms. The summed E-state index contributed by atoms with van der Waals surface area (Å²) < 4.78 is 26.3. The summed E-state index contributed by atoms with van der Waals surface area (Å²) in [5.74, 6) is 0.0492. The fourth-order valence-corrected chi connectivity index (χ4v) is 4.31. The molecule has 0 aromatic heterocycles. The molecule has 3 rings (SSSR count). The number of nitrogens with zero attached hydrogens (tertiary/aromatic N) is 1. The minimum atomic E-state index is -3.50. The van der Waals surface area contributed by atoms with E-state index in [4.69, 9.17) is 0 Å². The number of rotatable bonds is 7. The van der Waals surface area contributed by atoms with Crippen molar-refractivity contribution in [2.24, 2.45) is 0 Å². The van der Waals surface area contributed by atoms with Gasteiger partial charge < -0.3 is 5.32 Å². The highest BCUT2D eigenvalue weighted by Crippen LogP contribution is 2.25. The molecular formula is C25H28N2O3S. The number of carbonyl (C=O) groups excluding carboxylic acids is 1. The molecule has 1 N–H and O–H groups in total. The topological polar surface area (TPSA) is 66.5 Å². The second-order valence-electron chi connectivity index (χ2n) is 7.94. The van der Waals surface area contributed by atoms with Crippen molar-refractivity contribution in [2.45, 2.75) is 33.2 Å². The maximum atomic E-state index is 12.8. The summed E-state index contributed by atoms with van der Waals surface area (Å²) in [5, 5.41) is 2.96. The van der Waals surface area contributed by atoms with Gasteiger partial charge in [0.1, 0.15) is 0 Å². The number of hydrogen-bond donors (Lipinski definition) is 1. The van der Waals surface area contributed by atoms with Crippen molar-refractivity contribution in [2.75, 3.05) is 15.9 Å². The van der Waals surface area contributed by atoms with E-state index in [-0.39, 0.29) is 18.4 Å². The van der Waals surface area contributed by atoms with Crippen molar-refractivity contribution in [3.63, 3.8) is 0 Å². The van der Waals surface area contributed by atoms with Crippen LogP contribution in [0.1, 0.15) is 46.8 Å². The first kappa shape index (κ1) is 22.6. The van der Waals surface area contributed by atoms with E-state index in [9.17, 15) is 13.2 Å². The summed E-state index contributed by atoms with van der Waals surface area (Å²) in [6, 6.07) is 22.1. The summed E-state index contributed by atoms with van der Waals surface area (Å²) in [5.41, 5.74) is 4.78. The van der Waals surface area contributed by atoms with Crippen LogP contribution in [0.4, 0.5) is 11.4 Å². The molecule has 0 radical (unpaired) electrons. The lowest BCUT2D eigenvalue weighted by atomic mass is 10.0. The van der Waals surface area contributed by atoms with E-state index in [1.165, 1.54) is 10.6 Å². The quantitative estimate of drug-likeness (QED) is 0.544. The number of sulfonamides is 1. The standard InChI is InChI=1S/C25H28N2O3S/c1-18(2)23-11-7-8-12-24(23)26-25(28)20-13-15-22(16-14-20)27(31(4,29)30)17-21-10-6-5-9-19(21)3/h5-16,18H,17H2,1-4H3,(H,26,28). The Bertz CT molecular complexity index is 1170. The van der Waals surface area contributed by atoms with Crippen molar-refractivity contribution in [3.8, 4) is 0 Å². The highest BCUT2D eigenvalue weighted by atomic mass is 32.2. The van der Waals surface area contributed by atoms with E-state index in [1.54, 1.807) is 24.3 Å². The van der Waals surface area contributed by atoms with Gasteiger partial charge in [-0.3, -0.25) is 9.10 Å². The molecule has 0 saturated carbocycles. The van der Waals surface area contributed by atoms with Crippen LogP contribution in [0.2, 0.25) is 0 Å². The molecule has 0 heterocycles. The van der Waals surface area contributed by atoms with Gasteiger partial charge in [-0.05, 0) is 59.9 Å². The van der Waals surface area contributed by atoms with Crippen molar-refractivity contribution in [1.82, 2.24) is 0 Å². The molecule has 0 aliphatic heterocycles. The fourth-order valence-electron chi connectivity index (χ4n) is 3.43. The zero-order valence-electron chi connectivity index (χ0n) is 18.3. The number of anilines is 2. The molecule has 5 nitrogen and oxygen atoms in total. The smallest absolute Gasteiger partial charge is 0.255 e. The van der Waals surface area contributed by atoms with Crippen LogP contribution in [0.3, 0.4) is 0 Å². The van der Waals surface area contributed by atoms with E-state index in [2.05, 4.69) is 19.2 Å². The van der Waals surface area contributed by atoms with Crippen LogP contribution in [0.5, 0.6) is 0 Å². The molecule has 0 atom stereocenters. The molecule has 0 bridgehead atoms. The van der Waals surface area contributed by atoms with Gasteiger partial charge in [0.25, 0.3) is 5.91 Å². The Morgan fingerprint density at radius 2 is 1.55 bits per heavy atom. The summed E-state index contributed by atoms with van der Waals surface area (Å²) in [4.78, 5) is 12.8. The van der Waals surface area contributed by atoms with Crippen LogP contribution in [0.25, 0.3) is 0 Å². The van der Waals surface area contributed by atoms with Crippen LogP contribution in [0, 0.1) is 6.92 Å². The molecule has 31 heavy (non-hydrogen) atoms. The van der Waals surface area contributed by atoms with Crippen molar-refractivity contribution >= 4 is 27.3 Å². The second kappa shape index (κ2) is 9.35. The van der Waals surface area contributed by atoms with Gasteiger partial charge >= 0.3 is 0 Å². The number of hydrogen-bond acceptors (Lipinski definition) is 3. The Balaban J connectivity index is 1.83. The first-order chi connectivity index (χ1) is 14.7. The molecular weight excluding hydrogens is 408 g/mol. The maximum Gasteiger partial charge on any atom is 0.255 e. The van der Waals surface area contributed by atoms with Gasteiger partial charge in [-0.15, -0.1) is 0 Å². The summed E-state index contributed by atoms with van der Waals surface area (Å²) in [7, 11) is -3.50. The Morgan fingerprint density at radius 3 is 2.16 bits per heavy atom. The summed E-state index contributed by atoms with van der Waals surface area (Å²) in [6.45, 7) is 6.35. The minimum absolute atomic E-state index is 0.232. The van der Waals surface area contributed by atoms with Gasteiger partial charge in [0.2, 0.25) is 10.0 Å². The predicted molar refractivity (Wildman–Crippen MR) is 127 cm³/mol. The lowest BCUT2D eigenvalue weighted by Crippen LogP contribution is -2.29. The Kier molecular flexibility index (Phi) is 6.81. The van der Waals surface area contributed by atoms with Crippen LogP contribution in [0.15, 0.2) is 72.8 Å². The summed E-state index contributed by atoms with van der Waals surface area (Å²) >= 11 is 0. The normalized spacial score (nSPS) is 11.4. The fraction of sp³-hybridized carbons (Fsp3) is 0.240. The molecule has 0 aliphatic carbocycles. The molecule has 0 unspecified atom stereocenters. The van der Waals surface area contributed by atoms with Crippen molar-refractivity contribution in [1.29, 1.82) is 0 Å². The largest absolute Gasteiger partial charge is 0.322 e. The number of para-hydroxylation sites is 1. The Morgan fingerprint density at radius 1 is 0.935 bits per heavy atom. The van der Waals surface area contributed by atoms with E-state index in [0.717, 1.165) is 22.4 Å². The van der Waals surface area contributed by atoms with E-state index >= 15 is 0 Å². The van der Waals surface area contributed by atoms with E-state index in [0.29, 0.717) is 11.3 Å². The molecule has 162 valence electrons. The zero-order valence-corrected chi connectivity index (χ0v) is 19.1. The van der Waals surface area contributed by atoms with Gasteiger partial charge in [0.15, 0.2) is 0 Å². The molecule has 3 aromatic carbocycles. The molecule has 1 amide bonds. The van der Waals surface area contributed by atoms with E-state index < -0.39 is 10.0 Å². The van der Waals surface area contributed by atoms with E-state index in [1.807, 2.05) is 55.5 Å². The van der Waals surface area contributed by atoms with Gasteiger partial charge in [-0.25, -0.2) is 8.42 Å². The number of aryl methyl sites for hydroxylation is 1. The van der Waals surface area contributed by atoms with Crippen molar-refractivity contribution in [3.05, 3.63) is 95.1 Å². The second-order valence-corrected chi connectivity index (χ2v) is 9.85. The lowest BCUT2D eigenvalue weighted by Gasteiger charge is -2.23. The molecule has 0 saturated heterocycles. The predicted octanol–water partition coefficient (Wildman–Crippen LogP) is 5.34. The summed E-state index contributed by atoms with van der Waals surface area (Å²) in [6.07, 6.45) is 1.19. The Hall–Kier alpha value is -3.12. The molecule has 0 aliphatic rings. The van der Waals surface area contributed by atoms with Gasteiger partial charge in [0, 0.05) is 11.3 Å². The lowest BCUT2D eigenvalue weighted by molar-refractivity contribution is 0.102. The SMILES string of the molecule is Cc1ccccc1CN(c1ccc(C(=O)Nc2ccccc2C(C)C)cc1)S(C)(=O)=O.